The Morgan fingerprint density at radius 3 is 1.70 bits per heavy atom. The van der Waals surface area contributed by atoms with E-state index in [-0.39, 0.29) is 42.4 Å². The van der Waals surface area contributed by atoms with Crippen molar-refractivity contribution in [2.75, 3.05) is 31.5 Å². The number of amides is 4. The van der Waals surface area contributed by atoms with Gasteiger partial charge in [-0.1, -0.05) is 86.1 Å². The summed E-state index contributed by atoms with van der Waals surface area (Å²) in [5.74, 6) is -0.641. The van der Waals surface area contributed by atoms with Crippen LogP contribution >= 0.6 is 43.5 Å². The summed E-state index contributed by atoms with van der Waals surface area (Å²) in [7, 11) is 0. The fourth-order valence-corrected chi connectivity index (χ4v) is 7.89. The summed E-state index contributed by atoms with van der Waals surface area (Å²) in [6.07, 6.45) is 5.73. The van der Waals surface area contributed by atoms with E-state index in [0.717, 1.165) is 25.6 Å². The molecule has 2 saturated heterocycles. The molecule has 19 heteroatoms. The third-order valence-electron chi connectivity index (χ3n) is 10.2. The van der Waals surface area contributed by atoms with Crippen molar-refractivity contribution >= 4 is 84.2 Å². The zero-order valence-electron chi connectivity index (χ0n) is 33.3. The zero-order valence-corrected chi connectivity index (χ0v) is 37.2. The molecule has 320 valence electrons. The van der Waals surface area contributed by atoms with Gasteiger partial charge in [-0.3, -0.25) is 9.59 Å². The number of benzene rings is 2. The summed E-state index contributed by atoms with van der Waals surface area (Å²) < 4.78 is 15.6. The summed E-state index contributed by atoms with van der Waals surface area (Å²) in [5.41, 5.74) is 21.0. The lowest BCUT2D eigenvalue weighted by Crippen LogP contribution is -2.32. The molecule has 4 aromatic heterocycles. The first kappa shape index (κ1) is 44.9. The highest BCUT2D eigenvalue weighted by atomic mass is 79.9. The molecule has 0 spiro atoms. The van der Waals surface area contributed by atoms with Gasteiger partial charge in [0.25, 0.3) is 11.8 Å². The van der Waals surface area contributed by atoms with Crippen LogP contribution < -0.4 is 22.5 Å². The molecule has 0 saturated carbocycles. The van der Waals surface area contributed by atoms with E-state index < -0.39 is 11.8 Å². The number of aromatic nitrogens is 4. The molecule has 61 heavy (non-hydrogen) atoms. The number of carbonyl (C=O) groups excluding carboxylic acids is 4. The van der Waals surface area contributed by atoms with Crippen molar-refractivity contribution in [1.82, 2.24) is 29.0 Å². The minimum atomic E-state index is -0.581. The molecule has 2 aliphatic heterocycles. The van der Waals surface area contributed by atoms with Gasteiger partial charge >= 0.3 is 12.2 Å². The summed E-state index contributed by atoms with van der Waals surface area (Å²) in [5, 5.41) is 12.0. The molecule has 2 aliphatic rings. The number of likely N-dealkylation sites (tertiary alicyclic amines) is 2. The van der Waals surface area contributed by atoms with E-state index >= 15 is 0 Å². The van der Waals surface area contributed by atoms with Crippen molar-refractivity contribution < 1.29 is 28.7 Å². The second-order valence-electron chi connectivity index (χ2n) is 14.8. The fourth-order valence-electron chi connectivity index (χ4n) is 6.78. The number of carbonyl (C=O) groups is 4. The van der Waals surface area contributed by atoms with Crippen LogP contribution in [0.25, 0.3) is 11.0 Å². The van der Waals surface area contributed by atoms with E-state index in [1.807, 2.05) is 66.7 Å². The first-order valence-electron chi connectivity index (χ1n) is 19.2. The van der Waals surface area contributed by atoms with E-state index in [0.29, 0.717) is 60.5 Å². The Hall–Kier alpha value is -5.69. The van der Waals surface area contributed by atoms with Gasteiger partial charge in [-0.05, 0) is 67.0 Å². The average Bonchev–Trinajstić information content (AvgIpc) is 4.02. The third kappa shape index (κ3) is 11.4. The maximum absolute atomic E-state index is 12.5. The quantitative estimate of drug-likeness (QED) is 0.126. The Bertz CT molecular complexity index is 2500. The molecule has 2 aromatic carbocycles. The second-order valence-corrected chi connectivity index (χ2v) is 17.0. The molecule has 0 radical (unpaired) electrons. The van der Waals surface area contributed by atoms with Crippen molar-refractivity contribution in [1.29, 1.82) is 0 Å². The highest BCUT2D eigenvalue weighted by Crippen LogP contribution is 2.30. The number of nitrogens with zero attached hydrogens (tertiary/aromatic N) is 6. The molecule has 2 fully saturated rings. The molecule has 7 N–H and O–H groups in total. The SMILES string of the molecule is C[C@H]1CN(C(=O)OCc2ccccc2)C[C@H]1N.C[C@H]1CN(C(=O)OCc2ccccc2)C[C@H]1Nc1c(C(N)=O)cnn2cc(Br)cc12.NC(=O)c1cnn2cc(Br)cc2c1Cl. The standard InChI is InChI=1S/C21H22BrN5O3.C13H18N2O2.C8H5BrClN3O/c1-13-9-26(21(29)30-12-14-5-3-2-4-6-14)11-17(13)25-19-16(20(23)28)8-24-27-10-15(22)7-18(19)27;1-10-7-15(8-12(10)14)13(16)17-9-11-5-3-2-4-6-11;9-4-1-6-7(10)5(8(11)14)2-12-13(6)3-4/h2-8,10,13,17,25H,9,11-12H2,1H3,(H2,23,28);2-6,10,12H,7-9,14H2,1H3;1-3H,(H2,11,14)/t13-,17+;10-,12+;/m00./s1. The average molecular weight is 981 g/mol. The maximum Gasteiger partial charge on any atom is 0.410 e. The monoisotopic (exact) mass is 978 g/mol. The lowest BCUT2D eigenvalue weighted by atomic mass is 10.1. The summed E-state index contributed by atoms with van der Waals surface area (Å²) in [6, 6.07) is 22.9. The van der Waals surface area contributed by atoms with Crippen LogP contribution in [0.3, 0.4) is 0 Å². The van der Waals surface area contributed by atoms with Crippen LogP contribution in [0.1, 0.15) is 45.7 Å². The fraction of sp³-hybridized carbons (Fsp3) is 0.286. The molecule has 16 nitrogen and oxygen atoms in total. The summed E-state index contributed by atoms with van der Waals surface area (Å²) in [6.45, 7) is 6.96. The minimum Gasteiger partial charge on any atom is -0.445 e. The highest BCUT2D eigenvalue weighted by Gasteiger charge is 2.35. The van der Waals surface area contributed by atoms with Crippen LogP contribution in [0, 0.1) is 11.8 Å². The number of primary amides is 2. The Morgan fingerprint density at radius 1 is 0.721 bits per heavy atom. The van der Waals surface area contributed by atoms with Crippen molar-refractivity contribution in [2.45, 2.75) is 39.1 Å². The van der Waals surface area contributed by atoms with E-state index in [9.17, 15) is 19.2 Å². The van der Waals surface area contributed by atoms with E-state index in [2.05, 4.69) is 61.2 Å². The van der Waals surface area contributed by atoms with Crippen molar-refractivity contribution in [3.8, 4) is 0 Å². The number of hydrogen-bond donors (Lipinski definition) is 4. The lowest BCUT2D eigenvalue weighted by Gasteiger charge is -2.20. The van der Waals surface area contributed by atoms with Crippen LogP contribution in [-0.4, -0.2) is 91.3 Å². The molecule has 0 aliphatic carbocycles. The van der Waals surface area contributed by atoms with Crippen LogP contribution in [0.4, 0.5) is 15.3 Å². The van der Waals surface area contributed by atoms with Gasteiger partial charge in [-0.15, -0.1) is 0 Å². The number of anilines is 1. The Morgan fingerprint density at radius 2 is 1.20 bits per heavy atom. The van der Waals surface area contributed by atoms with Gasteiger partial charge in [0.1, 0.15) is 13.2 Å². The Labute approximate surface area is 373 Å². The van der Waals surface area contributed by atoms with Crippen LogP contribution in [0.5, 0.6) is 0 Å². The summed E-state index contributed by atoms with van der Waals surface area (Å²) in [4.78, 5) is 50.6. The van der Waals surface area contributed by atoms with Gasteiger partial charge in [0.2, 0.25) is 0 Å². The van der Waals surface area contributed by atoms with Gasteiger partial charge in [0.05, 0.1) is 45.3 Å². The van der Waals surface area contributed by atoms with Crippen LogP contribution in [0.2, 0.25) is 5.02 Å². The second kappa shape index (κ2) is 20.2. The first-order valence-corrected chi connectivity index (χ1v) is 21.2. The first-order chi connectivity index (χ1) is 29.2. The number of rotatable bonds is 8. The Balaban J connectivity index is 0.000000169. The van der Waals surface area contributed by atoms with Gasteiger partial charge in [0, 0.05) is 59.6 Å². The number of halogens is 3. The molecular formula is C42H45Br2ClN10O6. The van der Waals surface area contributed by atoms with E-state index in [4.69, 9.17) is 38.3 Å². The number of hydrogen-bond acceptors (Lipinski definition) is 10. The predicted molar refractivity (Wildman–Crippen MR) is 238 cm³/mol. The van der Waals surface area contributed by atoms with E-state index in [1.165, 1.54) is 12.4 Å². The van der Waals surface area contributed by atoms with Crippen LogP contribution in [0.15, 0.2) is 107 Å². The smallest absolute Gasteiger partial charge is 0.410 e. The van der Waals surface area contributed by atoms with Crippen molar-refractivity contribution in [3.05, 3.63) is 134 Å². The van der Waals surface area contributed by atoms with Gasteiger partial charge in [0.15, 0.2) is 0 Å². The number of ether oxygens (including phenoxy) is 2. The number of nitrogens with two attached hydrogens (primary N) is 3. The van der Waals surface area contributed by atoms with Gasteiger partial charge in [-0.2, -0.15) is 10.2 Å². The third-order valence-corrected chi connectivity index (χ3v) is 11.5. The van der Waals surface area contributed by atoms with Gasteiger partial charge in [-0.25, -0.2) is 18.6 Å². The minimum absolute atomic E-state index is 0.0627. The van der Waals surface area contributed by atoms with Gasteiger partial charge < -0.3 is 41.8 Å². The maximum atomic E-state index is 12.5. The number of nitrogens with one attached hydrogen (secondary N) is 1. The summed E-state index contributed by atoms with van der Waals surface area (Å²) >= 11 is 12.7. The number of fused-ring (bicyclic) bond motifs is 2. The molecule has 4 amide bonds. The molecule has 0 bridgehead atoms. The largest absolute Gasteiger partial charge is 0.445 e. The topological polar surface area (TPSA) is 218 Å². The highest BCUT2D eigenvalue weighted by molar-refractivity contribution is 9.10. The molecular weight excluding hydrogens is 936 g/mol. The predicted octanol–water partition coefficient (Wildman–Crippen LogP) is 6.72. The molecule has 6 heterocycles. The van der Waals surface area contributed by atoms with Crippen LogP contribution in [-0.2, 0) is 22.7 Å². The zero-order chi connectivity index (χ0) is 43.8. The Kier molecular flexibility index (Phi) is 14.9. The van der Waals surface area contributed by atoms with E-state index in [1.54, 1.807) is 37.3 Å². The normalized spacial score (nSPS) is 18.2. The molecule has 4 atom stereocenters. The molecule has 0 unspecified atom stereocenters. The lowest BCUT2D eigenvalue weighted by molar-refractivity contribution is 0.0991. The van der Waals surface area contributed by atoms with Crippen molar-refractivity contribution in [2.24, 2.45) is 29.0 Å². The molecule has 8 rings (SSSR count). The molecule has 6 aromatic rings. The van der Waals surface area contributed by atoms with Crippen molar-refractivity contribution in [3.63, 3.8) is 0 Å².